The number of hydrogen-bond donors (Lipinski definition) is 0. The number of hydroxylamine groups is 2. The van der Waals surface area contributed by atoms with Gasteiger partial charge in [-0.15, -0.1) is 10.3 Å². The van der Waals surface area contributed by atoms with E-state index in [4.69, 9.17) is 28.5 Å². The maximum absolute atomic E-state index is 13.5. The summed E-state index contributed by atoms with van der Waals surface area (Å²) in [5.41, 5.74) is 2.06. The van der Waals surface area contributed by atoms with Gasteiger partial charge in [0.25, 0.3) is 0 Å². The van der Waals surface area contributed by atoms with E-state index in [1.165, 1.54) is 0 Å². The van der Waals surface area contributed by atoms with Gasteiger partial charge in [-0.1, -0.05) is 11.7 Å². The van der Waals surface area contributed by atoms with E-state index >= 15 is 0 Å². The van der Waals surface area contributed by atoms with Gasteiger partial charge < -0.3 is 28.5 Å². The number of nitrogens with zero attached hydrogens (tertiary/aromatic N) is 2. The Hall–Kier alpha value is -4.02. The van der Waals surface area contributed by atoms with Crippen LogP contribution in [0.1, 0.15) is 57.2 Å². The number of rotatable bonds is 5. The highest BCUT2D eigenvalue weighted by Gasteiger charge is 2.50. The van der Waals surface area contributed by atoms with Crippen molar-refractivity contribution in [3.8, 4) is 28.7 Å². The Balaban J connectivity index is 1.47. The molecule has 0 amide bonds. The van der Waals surface area contributed by atoms with Crippen molar-refractivity contribution in [1.82, 2.24) is 5.06 Å². The van der Waals surface area contributed by atoms with Gasteiger partial charge in [0.2, 0.25) is 0 Å². The Bertz CT molecular complexity index is 1560. The number of ether oxygens (including phenoxy) is 5. The molecule has 6 rings (SSSR count). The third-order valence-electron chi connectivity index (χ3n) is 8.53. The van der Waals surface area contributed by atoms with Crippen LogP contribution in [0.15, 0.2) is 53.2 Å². The van der Waals surface area contributed by atoms with Crippen LogP contribution in [-0.4, -0.2) is 60.9 Å². The molecule has 0 saturated carbocycles. The lowest BCUT2D eigenvalue weighted by Gasteiger charge is -2.39. The highest BCUT2D eigenvalue weighted by molar-refractivity contribution is 6.09. The summed E-state index contributed by atoms with van der Waals surface area (Å²) < 4.78 is 29.9. The molecule has 2 aromatic carbocycles. The van der Waals surface area contributed by atoms with Gasteiger partial charge >= 0.3 is 5.97 Å². The van der Waals surface area contributed by atoms with Gasteiger partial charge in [-0.25, -0.2) is 4.79 Å². The molecular weight excluding hydrogens is 540 g/mol. The maximum atomic E-state index is 13.5. The lowest BCUT2D eigenvalue weighted by Crippen LogP contribution is -2.47. The molecule has 0 N–H and O–H groups in total. The van der Waals surface area contributed by atoms with E-state index in [2.05, 4.69) is 11.7 Å². The molecule has 10 nitrogen and oxygen atoms in total. The van der Waals surface area contributed by atoms with E-state index in [9.17, 15) is 10.0 Å². The van der Waals surface area contributed by atoms with Crippen LogP contribution >= 0.6 is 0 Å². The first-order valence-corrected chi connectivity index (χ1v) is 13.9. The smallest absolute Gasteiger partial charge is 0.363 e. The molecule has 10 heteroatoms. The fourth-order valence-corrected chi connectivity index (χ4v) is 6.33. The minimum Gasteiger partial charge on any atom is -0.493 e. The molecule has 42 heavy (non-hydrogen) atoms. The lowest BCUT2D eigenvalue weighted by atomic mass is 9.80. The molecule has 1 radical (unpaired) electrons. The molecule has 0 fully saturated rings. The summed E-state index contributed by atoms with van der Waals surface area (Å²) in [6, 6.07) is 7.36. The first-order chi connectivity index (χ1) is 19.9. The Labute approximate surface area is 245 Å². The minimum absolute atomic E-state index is 0.166. The second-order valence-electron chi connectivity index (χ2n) is 12.2. The first-order valence-electron chi connectivity index (χ1n) is 13.9. The Kier molecular flexibility index (Phi) is 6.54. The fourth-order valence-electron chi connectivity index (χ4n) is 6.33. The number of oxime groups is 1. The first kappa shape index (κ1) is 28.1. The summed E-state index contributed by atoms with van der Waals surface area (Å²) in [6.45, 7) is 13.1. The summed E-state index contributed by atoms with van der Waals surface area (Å²) in [5, 5.41) is 18.3. The van der Waals surface area contributed by atoms with Gasteiger partial charge in [-0.05, 0) is 64.5 Å². The molecular formula is C32H35N2O8. The standard InChI is InChI=1S/C32H35N2O8/c1-16(2)22-12-19-21(40-22)10-9-17-28(33-42-30(35)20-14-31(3,4)34(36)32(20,5)6)27-18-11-24(37-7)25(38-8)13-23(18)39-15-26(27)41-29(17)19/h9-11,13-14,22,26-27H,1,12,15H2,2-8H3/b33-28-/t22-,26-,27+/m1/s1. The van der Waals surface area contributed by atoms with Gasteiger partial charge in [0.05, 0.1) is 36.8 Å². The fraction of sp³-hybridized carbons (Fsp3) is 0.438. The second kappa shape index (κ2) is 9.78. The molecule has 0 unspecified atom stereocenters. The zero-order chi connectivity index (χ0) is 30.1. The predicted molar refractivity (Wildman–Crippen MR) is 153 cm³/mol. The van der Waals surface area contributed by atoms with Crippen LogP contribution in [-0.2, 0) is 21.3 Å². The Morgan fingerprint density at radius 3 is 2.43 bits per heavy atom. The zero-order valence-electron chi connectivity index (χ0n) is 24.9. The van der Waals surface area contributed by atoms with E-state index in [1.54, 1.807) is 54.1 Å². The van der Waals surface area contributed by atoms with Crippen molar-refractivity contribution in [3.05, 3.63) is 64.8 Å². The van der Waals surface area contributed by atoms with E-state index in [0.717, 1.165) is 27.5 Å². The molecule has 4 heterocycles. The Morgan fingerprint density at radius 2 is 1.79 bits per heavy atom. The van der Waals surface area contributed by atoms with Crippen LogP contribution in [0.5, 0.6) is 28.7 Å². The predicted octanol–water partition coefficient (Wildman–Crippen LogP) is 4.91. The number of hydrogen-bond acceptors (Lipinski definition) is 9. The monoisotopic (exact) mass is 575 g/mol. The summed E-state index contributed by atoms with van der Waals surface area (Å²) in [4.78, 5) is 19.1. The van der Waals surface area contributed by atoms with Crippen molar-refractivity contribution in [3.63, 3.8) is 0 Å². The zero-order valence-corrected chi connectivity index (χ0v) is 24.9. The minimum atomic E-state index is -1.08. The van der Waals surface area contributed by atoms with E-state index in [1.807, 2.05) is 25.1 Å². The second-order valence-corrected chi connectivity index (χ2v) is 12.2. The van der Waals surface area contributed by atoms with Crippen molar-refractivity contribution >= 4 is 11.7 Å². The quantitative estimate of drug-likeness (QED) is 0.281. The highest BCUT2D eigenvalue weighted by atomic mass is 16.7. The SMILES string of the molecule is C=C(C)[C@H]1Cc2c(ccc3c2O[C@@H]2COc4cc(OC)c(OC)cc4[C@@H]2/C3=N\OC(=O)C2=CC(C)(C)N([O])C2(C)C)O1. The van der Waals surface area contributed by atoms with E-state index in [0.29, 0.717) is 40.7 Å². The van der Waals surface area contributed by atoms with Gasteiger partial charge in [-0.2, -0.15) is 0 Å². The van der Waals surface area contributed by atoms with Crippen LogP contribution in [0.2, 0.25) is 0 Å². The van der Waals surface area contributed by atoms with E-state index in [-0.39, 0.29) is 18.3 Å². The summed E-state index contributed by atoms with van der Waals surface area (Å²) in [7, 11) is 3.13. The van der Waals surface area contributed by atoms with Crippen LogP contribution < -0.4 is 23.7 Å². The topological polar surface area (TPSA) is 108 Å². The van der Waals surface area contributed by atoms with Crippen molar-refractivity contribution in [1.29, 1.82) is 0 Å². The molecule has 221 valence electrons. The third-order valence-corrected chi connectivity index (χ3v) is 8.53. The number of carbonyl (C=O) groups excluding carboxylic acids is 1. The van der Waals surface area contributed by atoms with Gasteiger partial charge in [0, 0.05) is 29.2 Å². The van der Waals surface area contributed by atoms with Crippen molar-refractivity contribution < 1.29 is 38.5 Å². The number of benzene rings is 2. The molecule has 0 bridgehead atoms. The van der Waals surface area contributed by atoms with Crippen molar-refractivity contribution in [2.45, 2.75) is 70.2 Å². The van der Waals surface area contributed by atoms with Crippen LogP contribution in [0.25, 0.3) is 0 Å². The summed E-state index contributed by atoms with van der Waals surface area (Å²) >= 11 is 0. The van der Waals surface area contributed by atoms with Crippen molar-refractivity contribution in [2.24, 2.45) is 5.16 Å². The van der Waals surface area contributed by atoms with Crippen LogP contribution in [0.4, 0.5) is 0 Å². The average Bonchev–Trinajstić information content (AvgIpc) is 3.48. The van der Waals surface area contributed by atoms with Gasteiger partial charge in [-0.3, -0.25) is 0 Å². The number of fused-ring (bicyclic) bond motifs is 6. The van der Waals surface area contributed by atoms with Gasteiger partial charge in [0.1, 0.15) is 41.8 Å². The molecule has 0 saturated heterocycles. The van der Waals surface area contributed by atoms with Gasteiger partial charge in [0.15, 0.2) is 11.5 Å². The lowest BCUT2D eigenvalue weighted by molar-refractivity contribution is -0.239. The molecule has 0 aliphatic carbocycles. The number of methoxy groups -OCH3 is 2. The molecule has 2 aromatic rings. The molecule has 3 atom stereocenters. The maximum Gasteiger partial charge on any atom is 0.363 e. The number of carbonyl (C=O) groups is 1. The van der Waals surface area contributed by atoms with E-state index < -0.39 is 29.1 Å². The normalized spacial score (nSPS) is 25.5. The summed E-state index contributed by atoms with van der Waals surface area (Å²) in [5.74, 6) is 1.83. The van der Waals surface area contributed by atoms with Crippen LogP contribution in [0, 0.1) is 0 Å². The average molecular weight is 576 g/mol. The highest BCUT2D eigenvalue weighted by Crippen LogP contribution is 2.50. The molecule has 4 aliphatic heterocycles. The largest absolute Gasteiger partial charge is 0.493 e. The molecule has 0 aromatic heterocycles. The van der Waals surface area contributed by atoms with Crippen molar-refractivity contribution in [2.75, 3.05) is 20.8 Å². The summed E-state index contributed by atoms with van der Waals surface area (Å²) in [6.07, 6.45) is 1.60. The third kappa shape index (κ3) is 4.23. The molecule has 4 aliphatic rings. The Morgan fingerprint density at radius 1 is 1.07 bits per heavy atom. The van der Waals surface area contributed by atoms with Crippen LogP contribution in [0.3, 0.4) is 0 Å². The molecule has 0 spiro atoms.